The summed E-state index contributed by atoms with van der Waals surface area (Å²) in [5.41, 5.74) is 0. The van der Waals surface area contributed by atoms with E-state index in [9.17, 15) is 4.79 Å². The van der Waals surface area contributed by atoms with Crippen LogP contribution in [0.4, 0.5) is 0 Å². The highest BCUT2D eigenvalue weighted by Gasteiger charge is 2.37. The predicted octanol–water partition coefficient (Wildman–Crippen LogP) is 2.31. The Morgan fingerprint density at radius 3 is 2.56 bits per heavy atom. The molecule has 1 saturated heterocycles. The first kappa shape index (κ1) is 12.5. The molecule has 0 radical (unpaired) electrons. The molecule has 1 heterocycles. The van der Waals surface area contributed by atoms with Crippen LogP contribution < -0.4 is 5.32 Å². The maximum atomic E-state index is 12.3. The molecule has 1 aliphatic heterocycles. The lowest BCUT2D eigenvalue weighted by Gasteiger charge is -2.32. The van der Waals surface area contributed by atoms with Gasteiger partial charge in [0.25, 0.3) is 0 Å². The summed E-state index contributed by atoms with van der Waals surface area (Å²) < 4.78 is 0. The highest BCUT2D eigenvalue weighted by Crippen LogP contribution is 2.36. The summed E-state index contributed by atoms with van der Waals surface area (Å²) in [4.78, 5) is 14.5. The molecule has 102 valence electrons. The maximum Gasteiger partial charge on any atom is 0.236 e. The number of hydrogen-bond acceptors (Lipinski definition) is 2. The van der Waals surface area contributed by atoms with Gasteiger partial charge in [0.1, 0.15) is 0 Å². The molecule has 2 aliphatic carbocycles. The average molecular weight is 250 g/mol. The predicted molar refractivity (Wildman–Crippen MR) is 72.3 cm³/mol. The Labute approximate surface area is 110 Å². The molecule has 3 heteroatoms. The molecule has 1 amide bonds. The molecule has 1 N–H and O–H groups in total. The summed E-state index contributed by atoms with van der Waals surface area (Å²) in [7, 11) is 0. The Morgan fingerprint density at radius 1 is 1.00 bits per heavy atom. The van der Waals surface area contributed by atoms with Crippen LogP contribution >= 0.6 is 0 Å². The van der Waals surface area contributed by atoms with Crippen LogP contribution in [0.1, 0.15) is 57.8 Å². The van der Waals surface area contributed by atoms with Gasteiger partial charge >= 0.3 is 0 Å². The molecule has 0 aromatic rings. The number of nitrogens with one attached hydrogen (secondary N) is 1. The van der Waals surface area contributed by atoms with Gasteiger partial charge < -0.3 is 10.2 Å². The van der Waals surface area contributed by atoms with E-state index < -0.39 is 0 Å². The van der Waals surface area contributed by atoms with E-state index in [0.29, 0.717) is 24.5 Å². The molecule has 0 bridgehead atoms. The molecule has 0 aromatic carbocycles. The van der Waals surface area contributed by atoms with Gasteiger partial charge in [-0.15, -0.1) is 0 Å². The number of likely N-dealkylation sites (tertiary alicyclic amines) is 1. The number of hydrogen-bond donors (Lipinski definition) is 1. The maximum absolute atomic E-state index is 12.3. The van der Waals surface area contributed by atoms with Gasteiger partial charge in [0.05, 0.1) is 6.54 Å². The standard InChI is InChI=1S/C15H26N2O/c18-15(11-16-13-6-2-3-7-13)17-10-9-12-5-1-4-8-14(12)17/h12-14,16H,1-11H2. The quantitative estimate of drug-likeness (QED) is 0.833. The molecule has 3 rings (SSSR count). The van der Waals surface area contributed by atoms with Crippen molar-refractivity contribution < 1.29 is 4.79 Å². The van der Waals surface area contributed by atoms with Crippen molar-refractivity contribution in [1.82, 2.24) is 10.2 Å². The molecule has 3 nitrogen and oxygen atoms in total. The number of nitrogens with zero attached hydrogens (tertiary/aromatic N) is 1. The van der Waals surface area contributed by atoms with Crippen LogP contribution in [0.3, 0.4) is 0 Å². The number of fused-ring (bicyclic) bond motifs is 1. The van der Waals surface area contributed by atoms with Gasteiger partial charge in [-0.1, -0.05) is 25.7 Å². The SMILES string of the molecule is O=C(CNC1CCCC1)N1CCC2CCCCC21. The molecule has 0 spiro atoms. The van der Waals surface area contributed by atoms with Crippen molar-refractivity contribution in [2.45, 2.75) is 69.9 Å². The van der Waals surface area contributed by atoms with Crippen LogP contribution in [0.2, 0.25) is 0 Å². The molecule has 3 fully saturated rings. The second-order valence-corrected chi connectivity index (χ2v) is 6.35. The zero-order valence-corrected chi connectivity index (χ0v) is 11.4. The lowest BCUT2D eigenvalue weighted by molar-refractivity contribution is -0.131. The van der Waals surface area contributed by atoms with Crippen LogP contribution in [0.5, 0.6) is 0 Å². The fourth-order valence-electron chi connectivity index (χ4n) is 4.18. The van der Waals surface area contributed by atoms with E-state index in [2.05, 4.69) is 10.2 Å². The van der Waals surface area contributed by atoms with Crippen LogP contribution in [0.15, 0.2) is 0 Å². The minimum atomic E-state index is 0.358. The molecule has 2 saturated carbocycles. The van der Waals surface area contributed by atoms with Crippen molar-refractivity contribution in [3.8, 4) is 0 Å². The topological polar surface area (TPSA) is 32.3 Å². The first-order chi connectivity index (χ1) is 8.84. The fourth-order valence-corrected chi connectivity index (χ4v) is 4.18. The van der Waals surface area contributed by atoms with Crippen molar-refractivity contribution >= 4 is 5.91 Å². The molecular weight excluding hydrogens is 224 g/mol. The number of carbonyl (C=O) groups excluding carboxylic acids is 1. The van der Waals surface area contributed by atoms with Crippen LogP contribution in [-0.2, 0) is 4.79 Å². The van der Waals surface area contributed by atoms with Crippen molar-refractivity contribution in [3.63, 3.8) is 0 Å². The normalized spacial score (nSPS) is 32.8. The van der Waals surface area contributed by atoms with E-state index in [1.165, 1.54) is 57.8 Å². The van der Waals surface area contributed by atoms with E-state index in [-0.39, 0.29) is 0 Å². The third kappa shape index (κ3) is 2.56. The Hall–Kier alpha value is -0.570. The van der Waals surface area contributed by atoms with E-state index in [4.69, 9.17) is 0 Å². The largest absolute Gasteiger partial charge is 0.338 e. The van der Waals surface area contributed by atoms with E-state index in [1.54, 1.807) is 0 Å². The van der Waals surface area contributed by atoms with Gasteiger partial charge in [0.2, 0.25) is 5.91 Å². The summed E-state index contributed by atoms with van der Waals surface area (Å²) in [6.45, 7) is 1.59. The lowest BCUT2D eigenvalue weighted by Crippen LogP contribution is -2.45. The number of amides is 1. The van der Waals surface area contributed by atoms with Crippen molar-refractivity contribution in [2.24, 2.45) is 5.92 Å². The van der Waals surface area contributed by atoms with Gasteiger partial charge in [0, 0.05) is 18.6 Å². The molecular formula is C15H26N2O. The Kier molecular flexibility index (Phi) is 3.88. The van der Waals surface area contributed by atoms with Crippen LogP contribution in [0, 0.1) is 5.92 Å². The minimum absolute atomic E-state index is 0.358. The third-order valence-corrected chi connectivity index (χ3v) is 5.23. The molecule has 0 aromatic heterocycles. The fraction of sp³-hybridized carbons (Fsp3) is 0.933. The molecule has 2 unspecified atom stereocenters. The summed E-state index contributed by atoms with van der Waals surface area (Å²) in [5, 5.41) is 3.46. The molecule has 3 aliphatic rings. The van der Waals surface area contributed by atoms with E-state index in [0.717, 1.165) is 12.5 Å². The summed E-state index contributed by atoms with van der Waals surface area (Å²) in [5.74, 6) is 1.17. The Balaban J connectivity index is 1.49. The zero-order valence-electron chi connectivity index (χ0n) is 11.4. The van der Waals surface area contributed by atoms with Gasteiger partial charge in [-0.2, -0.15) is 0 Å². The van der Waals surface area contributed by atoms with Crippen molar-refractivity contribution in [2.75, 3.05) is 13.1 Å². The van der Waals surface area contributed by atoms with Crippen LogP contribution in [0.25, 0.3) is 0 Å². The summed E-state index contributed by atoms with van der Waals surface area (Å²) >= 11 is 0. The summed E-state index contributed by atoms with van der Waals surface area (Å²) in [6.07, 6.45) is 11.7. The lowest BCUT2D eigenvalue weighted by atomic mass is 9.85. The Morgan fingerprint density at radius 2 is 1.72 bits per heavy atom. The Bertz CT molecular complexity index is 299. The van der Waals surface area contributed by atoms with E-state index >= 15 is 0 Å². The number of carbonyl (C=O) groups is 1. The molecule has 18 heavy (non-hydrogen) atoms. The van der Waals surface area contributed by atoms with E-state index in [1.807, 2.05) is 0 Å². The average Bonchev–Trinajstić information content (AvgIpc) is 3.05. The second-order valence-electron chi connectivity index (χ2n) is 6.35. The van der Waals surface area contributed by atoms with Crippen molar-refractivity contribution in [1.29, 1.82) is 0 Å². The first-order valence-corrected chi connectivity index (χ1v) is 7.87. The highest BCUT2D eigenvalue weighted by atomic mass is 16.2. The van der Waals surface area contributed by atoms with Gasteiger partial charge in [0.15, 0.2) is 0 Å². The monoisotopic (exact) mass is 250 g/mol. The zero-order chi connectivity index (χ0) is 12.4. The highest BCUT2D eigenvalue weighted by molar-refractivity contribution is 5.79. The number of rotatable bonds is 3. The van der Waals surface area contributed by atoms with Gasteiger partial charge in [-0.3, -0.25) is 4.79 Å². The summed E-state index contributed by atoms with van der Waals surface area (Å²) in [6, 6.07) is 1.19. The minimum Gasteiger partial charge on any atom is -0.338 e. The first-order valence-electron chi connectivity index (χ1n) is 7.87. The second kappa shape index (κ2) is 5.60. The molecule has 2 atom stereocenters. The van der Waals surface area contributed by atoms with Gasteiger partial charge in [-0.05, 0) is 38.0 Å². The third-order valence-electron chi connectivity index (χ3n) is 5.23. The van der Waals surface area contributed by atoms with Gasteiger partial charge in [-0.25, -0.2) is 0 Å². The smallest absolute Gasteiger partial charge is 0.236 e. The van der Waals surface area contributed by atoms with Crippen LogP contribution in [-0.4, -0.2) is 36.0 Å². The van der Waals surface area contributed by atoms with Crippen molar-refractivity contribution in [3.05, 3.63) is 0 Å².